The van der Waals surface area contributed by atoms with E-state index in [-0.39, 0.29) is 0 Å². The lowest BCUT2D eigenvalue weighted by molar-refractivity contribution is 0.156. The molecule has 106 valence electrons. The van der Waals surface area contributed by atoms with Crippen LogP contribution in [0.2, 0.25) is 0 Å². The fraction of sp³-hybridized carbons (Fsp3) is 0.600. The van der Waals surface area contributed by atoms with Crippen molar-refractivity contribution in [2.75, 3.05) is 26.8 Å². The lowest BCUT2D eigenvalue weighted by Crippen LogP contribution is -2.31. The molecule has 0 radical (unpaired) electrons. The van der Waals surface area contributed by atoms with Crippen molar-refractivity contribution in [3.05, 3.63) is 33.8 Å². The van der Waals surface area contributed by atoms with E-state index in [4.69, 9.17) is 4.74 Å². The van der Waals surface area contributed by atoms with Gasteiger partial charge in [-0.05, 0) is 37.2 Å². The molecule has 4 heteroatoms. The maximum atomic E-state index is 5.45. The predicted octanol–water partition coefficient (Wildman–Crippen LogP) is 2.78. The number of rotatable bonds is 6. The van der Waals surface area contributed by atoms with Gasteiger partial charge in [-0.1, -0.05) is 35.0 Å². The maximum Gasteiger partial charge on any atom is 0.0622 e. The molecule has 1 aliphatic heterocycles. The summed E-state index contributed by atoms with van der Waals surface area (Å²) in [7, 11) is 2.18. The fourth-order valence-corrected chi connectivity index (χ4v) is 2.92. The Labute approximate surface area is 124 Å². The maximum absolute atomic E-state index is 5.45. The molecule has 0 saturated carbocycles. The molecule has 2 rings (SSSR count). The van der Waals surface area contributed by atoms with Crippen molar-refractivity contribution in [1.82, 2.24) is 10.2 Å². The molecule has 1 atom stereocenters. The Morgan fingerprint density at radius 3 is 2.95 bits per heavy atom. The molecule has 1 N–H and O–H groups in total. The van der Waals surface area contributed by atoms with Crippen LogP contribution in [0, 0.1) is 0 Å². The number of nitrogens with one attached hydrogen (secondary N) is 1. The van der Waals surface area contributed by atoms with Crippen LogP contribution in [0.15, 0.2) is 22.7 Å². The summed E-state index contributed by atoms with van der Waals surface area (Å²) in [5, 5.41) is 3.35. The van der Waals surface area contributed by atoms with Crippen LogP contribution in [0.1, 0.15) is 24.5 Å². The van der Waals surface area contributed by atoms with Gasteiger partial charge >= 0.3 is 0 Å². The summed E-state index contributed by atoms with van der Waals surface area (Å²) < 4.78 is 6.65. The molecule has 0 aliphatic carbocycles. The van der Waals surface area contributed by atoms with E-state index in [1.54, 1.807) is 0 Å². The van der Waals surface area contributed by atoms with E-state index < -0.39 is 0 Å². The molecule has 0 amide bonds. The van der Waals surface area contributed by atoms with Gasteiger partial charge in [-0.15, -0.1) is 0 Å². The topological polar surface area (TPSA) is 24.5 Å². The van der Waals surface area contributed by atoms with Crippen LogP contribution in [0.5, 0.6) is 0 Å². The van der Waals surface area contributed by atoms with Gasteiger partial charge in [-0.2, -0.15) is 0 Å². The molecule has 1 aromatic carbocycles. The zero-order chi connectivity index (χ0) is 13.7. The molecule has 1 fully saturated rings. The van der Waals surface area contributed by atoms with Crippen molar-refractivity contribution in [2.45, 2.75) is 32.5 Å². The summed E-state index contributed by atoms with van der Waals surface area (Å²) in [4.78, 5) is 2.39. The first kappa shape index (κ1) is 15.0. The largest absolute Gasteiger partial charge is 0.380 e. The smallest absolute Gasteiger partial charge is 0.0622 e. The summed E-state index contributed by atoms with van der Waals surface area (Å²) in [6, 6.07) is 7.22. The van der Waals surface area contributed by atoms with Crippen LogP contribution in [0.3, 0.4) is 0 Å². The van der Waals surface area contributed by atoms with E-state index in [0.29, 0.717) is 6.04 Å². The second kappa shape index (κ2) is 7.39. The van der Waals surface area contributed by atoms with Crippen molar-refractivity contribution in [3.63, 3.8) is 0 Å². The Kier molecular flexibility index (Phi) is 5.82. The molecular weight excluding hydrogens is 304 g/mol. The molecule has 1 aromatic rings. The third kappa shape index (κ3) is 4.28. The molecule has 1 unspecified atom stereocenters. The zero-order valence-electron chi connectivity index (χ0n) is 11.8. The molecule has 0 bridgehead atoms. The Morgan fingerprint density at radius 1 is 1.47 bits per heavy atom. The highest BCUT2D eigenvalue weighted by molar-refractivity contribution is 9.10. The second-order valence-electron chi connectivity index (χ2n) is 5.14. The first-order valence-corrected chi connectivity index (χ1v) is 7.76. The van der Waals surface area contributed by atoms with Gasteiger partial charge in [-0.25, -0.2) is 0 Å². The summed E-state index contributed by atoms with van der Waals surface area (Å²) >= 11 is 3.69. The Balaban J connectivity index is 1.96. The van der Waals surface area contributed by atoms with E-state index >= 15 is 0 Å². The Morgan fingerprint density at radius 2 is 2.32 bits per heavy atom. The van der Waals surface area contributed by atoms with Gasteiger partial charge in [0, 0.05) is 30.2 Å². The normalized spacial score (nSPS) is 19.3. The minimum Gasteiger partial charge on any atom is -0.380 e. The van der Waals surface area contributed by atoms with Gasteiger partial charge in [-0.3, -0.25) is 4.90 Å². The van der Waals surface area contributed by atoms with Crippen LogP contribution in [0.4, 0.5) is 0 Å². The minimum atomic E-state index is 0.563. The van der Waals surface area contributed by atoms with Crippen LogP contribution in [0.25, 0.3) is 0 Å². The fourth-order valence-electron chi connectivity index (χ4n) is 2.37. The monoisotopic (exact) mass is 326 g/mol. The van der Waals surface area contributed by atoms with Gasteiger partial charge in [0.15, 0.2) is 0 Å². The highest BCUT2D eigenvalue weighted by Gasteiger charge is 2.20. The second-order valence-corrected chi connectivity index (χ2v) is 5.99. The number of likely N-dealkylation sites (N-methyl/N-ethyl adjacent to an activating group) is 1. The van der Waals surface area contributed by atoms with Crippen molar-refractivity contribution < 1.29 is 4.74 Å². The minimum absolute atomic E-state index is 0.563. The van der Waals surface area contributed by atoms with Crippen LogP contribution in [-0.2, 0) is 17.8 Å². The van der Waals surface area contributed by atoms with E-state index in [9.17, 15) is 0 Å². The standard InChI is InChI=1S/C15H23BrN2O/c1-3-17-9-12-4-5-13(15(16)8-12)10-18(2)14-6-7-19-11-14/h4-5,8,14,17H,3,6-7,9-11H2,1-2H3. The number of benzene rings is 1. The summed E-state index contributed by atoms with van der Waals surface area (Å²) in [6.07, 6.45) is 1.15. The van der Waals surface area contributed by atoms with Gasteiger partial charge in [0.05, 0.1) is 6.61 Å². The Hall–Kier alpha value is -0.420. The average molecular weight is 327 g/mol. The average Bonchev–Trinajstić information content (AvgIpc) is 2.93. The van der Waals surface area contributed by atoms with Crippen molar-refractivity contribution in [3.8, 4) is 0 Å². The van der Waals surface area contributed by atoms with Crippen LogP contribution < -0.4 is 5.32 Å². The van der Waals surface area contributed by atoms with Gasteiger partial charge in [0.2, 0.25) is 0 Å². The molecule has 19 heavy (non-hydrogen) atoms. The van der Waals surface area contributed by atoms with E-state index in [1.165, 1.54) is 15.6 Å². The molecule has 1 aliphatic rings. The SMILES string of the molecule is CCNCc1ccc(CN(C)C2CCOC2)c(Br)c1. The van der Waals surface area contributed by atoms with E-state index in [1.807, 2.05) is 0 Å². The highest BCUT2D eigenvalue weighted by atomic mass is 79.9. The molecule has 0 spiro atoms. The number of nitrogens with zero attached hydrogens (tertiary/aromatic N) is 1. The van der Waals surface area contributed by atoms with Crippen molar-refractivity contribution in [2.24, 2.45) is 0 Å². The first-order valence-electron chi connectivity index (χ1n) is 6.96. The summed E-state index contributed by atoms with van der Waals surface area (Å²) in [6.45, 7) is 6.80. The van der Waals surface area contributed by atoms with Gasteiger partial charge in [0.1, 0.15) is 0 Å². The number of ether oxygens (including phenoxy) is 1. The predicted molar refractivity (Wildman–Crippen MR) is 82.2 cm³/mol. The molecule has 0 aromatic heterocycles. The lowest BCUT2D eigenvalue weighted by atomic mass is 10.1. The first-order chi connectivity index (χ1) is 9.20. The number of halogens is 1. The molecule has 1 saturated heterocycles. The number of hydrogen-bond acceptors (Lipinski definition) is 3. The third-order valence-electron chi connectivity index (χ3n) is 3.65. The zero-order valence-corrected chi connectivity index (χ0v) is 13.4. The van der Waals surface area contributed by atoms with Crippen molar-refractivity contribution >= 4 is 15.9 Å². The summed E-state index contributed by atoms with van der Waals surface area (Å²) in [5.41, 5.74) is 2.67. The highest BCUT2D eigenvalue weighted by Crippen LogP contribution is 2.22. The Bertz CT molecular complexity index is 405. The lowest BCUT2D eigenvalue weighted by Gasteiger charge is -2.23. The van der Waals surface area contributed by atoms with Gasteiger partial charge < -0.3 is 10.1 Å². The van der Waals surface area contributed by atoms with Gasteiger partial charge in [0.25, 0.3) is 0 Å². The molecule has 3 nitrogen and oxygen atoms in total. The third-order valence-corrected chi connectivity index (χ3v) is 4.38. The molecule has 1 heterocycles. The van der Waals surface area contributed by atoms with Crippen LogP contribution in [-0.4, -0.2) is 37.7 Å². The van der Waals surface area contributed by atoms with E-state index in [2.05, 4.69) is 58.3 Å². The van der Waals surface area contributed by atoms with E-state index in [0.717, 1.165) is 39.3 Å². The summed E-state index contributed by atoms with van der Waals surface area (Å²) in [5.74, 6) is 0. The quantitative estimate of drug-likeness (QED) is 0.870. The van der Waals surface area contributed by atoms with Crippen LogP contribution >= 0.6 is 15.9 Å². The van der Waals surface area contributed by atoms with Crippen molar-refractivity contribution in [1.29, 1.82) is 0 Å². The number of hydrogen-bond donors (Lipinski definition) is 1. The molecular formula is C15H23BrN2O.